The first-order valence-electron chi connectivity index (χ1n) is 10.2. The van der Waals surface area contributed by atoms with Gasteiger partial charge in [-0.15, -0.1) is 0 Å². The van der Waals surface area contributed by atoms with Crippen LogP contribution in [0, 0.1) is 0 Å². The number of likely N-dealkylation sites (N-methyl/N-ethyl adjacent to an activating group) is 1. The molecular formula is C25H27NO5. The van der Waals surface area contributed by atoms with Crippen LogP contribution in [0.15, 0.2) is 60.7 Å². The molecule has 0 fully saturated rings. The number of carbonyl (C=O) groups is 2. The van der Waals surface area contributed by atoms with E-state index < -0.39 is 11.9 Å². The summed E-state index contributed by atoms with van der Waals surface area (Å²) in [7, 11) is 4.18. The minimum atomic E-state index is -1.82. The molecular weight excluding hydrogens is 394 g/mol. The van der Waals surface area contributed by atoms with Crippen molar-refractivity contribution in [3.63, 3.8) is 0 Å². The average molecular weight is 421 g/mol. The van der Waals surface area contributed by atoms with Crippen LogP contribution in [-0.2, 0) is 27.2 Å². The van der Waals surface area contributed by atoms with Gasteiger partial charge in [-0.1, -0.05) is 60.7 Å². The number of ether oxygens (including phenoxy) is 1. The third-order valence-corrected chi connectivity index (χ3v) is 5.33. The number of hydrogen-bond donors (Lipinski definition) is 2. The van der Waals surface area contributed by atoms with Crippen LogP contribution in [-0.4, -0.2) is 54.3 Å². The zero-order valence-electron chi connectivity index (χ0n) is 17.7. The molecule has 3 aromatic rings. The summed E-state index contributed by atoms with van der Waals surface area (Å²) >= 11 is 0. The van der Waals surface area contributed by atoms with Crippen molar-refractivity contribution < 1.29 is 24.5 Å². The van der Waals surface area contributed by atoms with Crippen LogP contribution in [0.4, 0.5) is 0 Å². The lowest BCUT2D eigenvalue weighted by molar-refractivity contribution is -0.159. The largest absolute Gasteiger partial charge is 0.473 e. The Morgan fingerprint density at radius 2 is 1.55 bits per heavy atom. The van der Waals surface area contributed by atoms with Crippen molar-refractivity contribution in [1.29, 1.82) is 0 Å². The Morgan fingerprint density at radius 3 is 2.26 bits per heavy atom. The number of rotatable bonds is 4. The SMILES string of the molecule is CN(C)CCOC1c2ccccc2CCc2ccc3ccccc3c21.O=C(O)C(=O)O. The number of nitrogens with zero attached hydrogens (tertiary/aromatic N) is 1. The molecule has 4 rings (SSSR count). The zero-order valence-corrected chi connectivity index (χ0v) is 17.7. The number of benzene rings is 3. The summed E-state index contributed by atoms with van der Waals surface area (Å²) < 4.78 is 6.49. The van der Waals surface area contributed by atoms with Crippen molar-refractivity contribution in [3.8, 4) is 0 Å². The summed E-state index contributed by atoms with van der Waals surface area (Å²) in [5.41, 5.74) is 5.53. The van der Waals surface area contributed by atoms with Crippen LogP contribution in [0.1, 0.15) is 28.4 Å². The lowest BCUT2D eigenvalue weighted by atomic mass is 9.92. The first-order chi connectivity index (χ1) is 14.9. The topological polar surface area (TPSA) is 87.1 Å². The molecule has 1 unspecified atom stereocenters. The molecule has 0 aliphatic heterocycles. The fraction of sp³-hybridized carbons (Fsp3) is 0.280. The Morgan fingerprint density at radius 1 is 0.903 bits per heavy atom. The molecule has 1 aliphatic rings. The molecule has 0 amide bonds. The second-order valence-corrected chi connectivity index (χ2v) is 7.72. The molecule has 3 aromatic carbocycles. The predicted molar refractivity (Wildman–Crippen MR) is 119 cm³/mol. The first kappa shape index (κ1) is 22.5. The molecule has 1 atom stereocenters. The quantitative estimate of drug-likeness (QED) is 0.624. The lowest BCUT2D eigenvalue weighted by Crippen LogP contribution is -2.20. The molecule has 0 aromatic heterocycles. The van der Waals surface area contributed by atoms with Crippen LogP contribution in [0.25, 0.3) is 10.8 Å². The third kappa shape index (κ3) is 5.48. The second kappa shape index (κ2) is 10.2. The lowest BCUT2D eigenvalue weighted by Gasteiger charge is -2.23. The molecule has 162 valence electrons. The number of carboxylic acids is 2. The molecule has 0 radical (unpaired) electrons. The summed E-state index contributed by atoms with van der Waals surface area (Å²) in [5.74, 6) is -3.65. The number of fused-ring (bicyclic) bond motifs is 4. The Hall–Kier alpha value is -3.22. The molecule has 0 bridgehead atoms. The van der Waals surface area contributed by atoms with E-state index in [0.717, 1.165) is 26.0 Å². The Bertz CT molecular complexity index is 1060. The third-order valence-electron chi connectivity index (χ3n) is 5.33. The zero-order chi connectivity index (χ0) is 22.4. The van der Waals surface area contributed by atoms with Crippen molar-refractivity contribution in [2.45, 2.75) is 18.9 Å². The maximum atomic E-state index is 9.10. The van der Waals surface area contributed by atoms with Crippen LogP contribution in [0.2, 0.25) is 0 Å². The number of hydrogen-bond acceptors (Lipinski definition) is 4. The molecule has 1 aliphatic carbocycles. The van der Waals surface area contributed by atoms with Gasteiger partial charge in [-0.05, 0) is 60.0 Å². The Kier molecular flexibility index (Phi) is 7.39. The highest BCUT2D eigenvalue weighted by atomic mass is 16.5. The highest BCUT2D eigenvalue weighted by molar-refractivity contribution is 6.27. The molecule has 6 nitrogen and oxygen atoms in total. The van der Waals surface area contributed by atoms with Crippen LogP contribution < -0.4 is 0 Å². The van der Waals surface area contributed by atoms with Gasteiger partial charge >= 0.3 is 11.9 Å². The van der Waals surface area contributed by atoms with E-state index in [9.17, 15) is 0 Å². The van der Waals surface area contributed by atoms with Gasteiger partial charge in [0.25, 0.3) is 0 Å². The average Bonchev–Trinajstić information content (AvgIpc) is 2.91. The van der Waals surface area contributed by atoms with E-state index in [0.29, 0.717) is 0 Å². The summed E-state index contributed by atoms with van der Waals surface area (Å²) in [6.45, 7) is 1.66. The van der Waals surface area contributed by atoms with Crippen molar-refractivity contribution in [1.82, 2.24) is 4.90 Å². The summed E-state index contributed by atoms with van der Waals surface area (Å²) in [6, 6.07) is 22.0. The van der Waals surface area contributed by atoms with E-state index in [1.54, 1.807) is 0 Å². The monoisotopic (exact) mass is 421 g/mol. The highest BCUT2D eigenvalue weighted by Crippen LogP contribution is 2.39. The molecule has 0 saturated carbocycles. The van der Waals surface area contributed by atoms with Gasteiger partial charge in [0.05, 0.1) is 6.61 Å². The molecule has 2 N–H and O–H groups in total. The molecule has 0 spiro atoms. The van der Waals surface area contributed by atoms with E-state index in [2.05, 4.69) is 79.7 Å². The van der Waals surface area contributed by atoms with Crippen LogP contribution in [0.3, 0.4) is 0 Å². The molecule has 0 heterocycles. The normalized spacial score (nSPS) is 14.7. The molecule has 6 heteroatoms. The van der Waals surface area contributed by atoms with Crippen molar-refractivity contribution in [2.75, 3.05) is 27.2 Å². The van der Waals surface area contributed by atoms with E-state index >= 15 is 0 Å². The van der Waals surface area contributed by atoms with Crippen LogP contribution in [0.5, 0.6) is 0 Å². The van der Waals surface area contributed by atoms with Gasteiger partial charge in [0.15, 0.2) is 0 Å². The number of carboxylic acid groups (broad SMARTS) is 2. The summed E-state index contributed by atoms with van der Waals surface area (Å²) in [5, 5.41) is 17.4. The molecule has 0 saturated heterocycles. The van der Waals surface area contributed by atoms with Crippen molar-refractivity contribution in [2.24, 2.45) is 0 Å². The second-order valence-electron chi connectivity index (χ2n) is 7.72. The van der Waals surface area contributed by atoms with Gasteiger partial charge in [-0.25, -0.2) is 9.59 Å². The van der Waals surface area contributed by atoms with E-state index in [4.69, 9.17) is 24.5 Å². The van der Waals surface area contributed by atoms with Gasteiger partial charge < -0.3 is 19.8 Å². The van der Waals surface area contributed by atoms with Gasteiger partial charge in [0.1, 0.15) is 6.10 Å². The molecule has 31 heavy (non-hydrogen) atoms. The minimum absolute atomic E-state index is 0.0137. The van der Waals surface area contributed by atoms with Gasteiger partial charge in [-0.2, -0.15) is 0 Å². The van der Waals surface area contributed by atoms with Gasteiger partial charge in [-0.3, -0.25) is 0 Å². The Labute approximate surface area is 181 Å². The van der Waals surface area contributed by atoms with Crippen molar-refractivity contribution >= 4 is 22.7 Å². The first-order valence-corrected chi connectivity index (χ1v) is 10.2. The predicted octanol–water partition coefficient (Wildman–Crippen LogP) is 3.76. The van der Waals surface area contributed by atoms with E-state index in [-0.39, 0.29) is 6.10 Å². The summed E-state index contributed by atoms with van der Waals surface area (Å²) in [6.07, 6.45) is 2.17. The van der Waals surface area contributed by atoms with Gasteiger partial charge in [0, 0.05) is 6.54 Å². The summed E-state index contributed by atoms with van der Waals surface area (Å²) in [4.78, 5) is 20.4. The van der Waals surface area contributed by atoms with Crippen molar-refractivity contribution in [3.05, 3.63) is 82.9 Å². The Balaban J connectivity index is 0.000000401. The number of aliphatic carboxylic acids is 2. The van der Waals surface area contributed by atoms with E-state index in [1.165, 1.54) is 33.0 Å². The van der Waals surface area contributed by atoms with E-state index in [1.807, 2.05) is 0 Å². The van der Waals surface area contributed by atoms with Crippen LogP contribution >= 0.6 is 0 Å². The highest BCUT2D eigenvalue weighted by Gasteiger charge is 2.26. The number of aryl methyl sites for hydroxylation is 2. The fourth-order valence-corrected chi connectivity index (χ4v) is 3.84. The minimum Gasteiger partial charge on any atom is -0.473 e. The fourth-order valence-electron chi connectivity index (χ4n) is 3.84. The maximum Gasteiger partial charge on any atom is 0.414 e. The maximum absolute atomic E-state index is 9.10. The standard InChI is InChI=1S/C23H25NO.C2H2O4/c1-24(2)15-16-25-23-21-10-6-4-8-18(21)12-14-19-13-11-17-7-3-5-9-20(17)22(19)23;3-1(4)2(5)6/h3-11,13,23H,12,14-16H2,1-2H3;(H,3,4)(H,5,6). The smallest absolute Gasteiger partial charge is 0.414 e. The van der Waals surface area contributed by atoms with Gasteiger partial charge in [0.2, 0.25) is 0 Å².